The molecule has 41 heavy (non-hydrogen) atoms. The number of aliphatic hydroxyl groups excluding tert-OH is 1. The fourth-order valence-corrected chi connectivity index (χ4v) is 6.40. The third-order valence-corrected chi connectivity index (χ3v) is 8.46. The molecular weight excluding hydrogens is 540 g/mol. The molecule has 0 saturated carbocycles. The number of aliphatic hydroxyl groups is 1. The van der Waals surface area contributed by atoms with Crippen molar-refractivity contribution in [3.8, 4) is 17.2 Å². The molecule has 2 aliphatic heterocycles. The molecular formula is C33H43ClN2O5. The summed E-state index contributed by atoms with van der Waals surface area (Å²) in [5, 5.41) is 13.5. The first-order valence-electron chi connectivity index (χ1n) is 14.5. The number of likely N-dealkylation sites (tertiary alicyclic amines) is 1. The Bertz CT molecular complexity index is 1330. The van der Waals surface area contributed by atoms with Crippen LogP contribution < -0.4 is 14.2 Å². The van der Waals surface area contributed by atoms with Crippen LogP contribution in [0.15, 0.2) is 48.5 Å². The number of hydrogen-bond donors (Lipinski definition) is 1. The molecule has 1 fully saturated rings. The third kappa shape index (κ3) is 7.26. The van der Waals surface area contributed by atoms with Gasteiger partial charge in [-0.1, -0.05) is 37.1 Å². The zero-order valence-corrected chi connectivity index (χ0v) is 25.3. The number of amides is 1. The minimum atomic E-state index is -0.460. The molecule has 7 nitrogen and oxygen atoms in total. The van der Waals surface area contributed by atoms with Crippen LogP contribution in [0.3, 0.4) is 0 Å². The van der Waals surface area contributed by atoms with Crippen molar-refractivity contribution < 1.29 is 24.1 Å². The van der Waals surface area contributed by atoms with Gasteiger partial charge < -0.3 is 29.1 Å². The van der Waals surface area contributed by atoms with E-state index in [4.69, 9.17) is 14.2 Å². The lowest BCUT2D eigenvalue weighted by molar-refractivity contribution is 0.0633. The fourth-order valence-electron chi connectivity index (χ4n) is 6.40. The number of hydrogen-bond acceptors (Lipinski definition) is 6. The van der Waals surface area contributed by atoms with Gasteiger partial charge in [-0.05, 0) is 77.9 Å². The molecule has 2 heterocycles. The van der Waals surface area contributed by atoms with Crippen LogP contribution in [0.2, 0.25) is 0 Å². The monoisotopic (exact) mass is 582 g/mol. The molecule has 0 spiro atoms. The van der Waals surface area contributed by atoms with Gasteiger partial charge in [0.05, 0.1) is 27.4 Å². The number of β-amino-alcohol motifs (C(OH)–C–C–N with tert-alkyl or cyclic N) is 1. The second-order valence-corrected chi connectivity index (χ2v) is 11.2. The summed E-state index contributed by atoms with van der Waals surface area (Å²) >= 11 is 0. The number of fused-ring (bicyclic) bond motifs is 2. The van der Waals surface area contributed by atoms with Crippen molar-refractivity contribution in [3.63, 3.8) is 0 Å². The first-order valence-corrected chi connectivity index (χ1v) is 14.5. The van der Waals surface area contributed by atoms with Crippen LogP contribution in [0.1, 0.15) is 47.2 Å². The Kier molecular flexibility index (Phi) is 10.8. The molecule has 0 aliphatic carbocycles. The second kappa shape index (κ2) is 14.3. The van der Waals surface area contributed by atoms with Gasteiger partial charge in [-0.15, -0.1) is 12.4 Å². The Morgan fingerprint density at radius 1 is 0.951 bits per heavy atom. The van der Waals surface area contributed by atoms with E-state index < -0.39 is 6.10 Å². The highest BCUT2D eigenvalue weighted by atomic mass is 35.5. The summed E-state index contributed by atoms with van der Waals surface area (Å²) in [5.74, 6) is 2.55. The first-order chi connectivity index (χ1) is 19.5. The average Bonchev–Trinajstić information content (AvgIpc) is 2.95. The van der Waals surface area contributed by atoms with Crippen molar-refractivity contribution in [3.05, 3.63) is 65.2 Å². The highest BCUT2D eigenvalue weighted by Crippen LogP contribution is 2.34. The minimum absolute atomic E-state index is 0. The molecule has 222 valence electrons. The van der Waals surface area contributed by atoms with Crippen LogP contribution in [-0.4, -0.2) is 81.0 Å². The maximum Gasteiger partial charge on any atom is 0.254 e. The fraction of sp³-hybridized carbons (Fsp3) is 0.485. The first kappa shape index (κ1) is 30.9. The number of carbonyl (C=O) groups is 1. The Labute approximate surface area is 249 Å². The predicted molar refractivity (Wildman–Crippen MR) is 165 cm³/mol. The van der Waals surface area contributed by atoms with Crippen molar-refractivity contribution in [1.29, 1.82) is 0 Å². The lowest BCUT2D eigenvalue weighted by Gasteiger charge is -2.36. The van der Waals surface area contributed by atoms with Gasteiger partial charge in [-0.25, -0.2) is 0 Å². The lowest BCUT2D eigenvalue weighted by atomic mass is 9.93. The van der Waals surface area contributed by atoms with E-state index in [0.717, 1.165) is 72.1 Å². The van der Waals surface area contributed by atoms with Crippen molar-refractivity contribution in [2.24, 2.45) is 5.92 Å². The van der Waals surface area contributed by atoms with Gasteiger partial charge in [0, 0.05) is 38.2 Å². The molecule has 0 bridgehead atoms. The SMILES string of the molecule is COc1ccc2c(CC(O)CN3CCCCCC(CN4CCc5cc(OC)c(OC)cc5C4=O)C3)cccc2c1.Cl. The molecule has 3 aromatic carbocycles. The number of ether oxygens (including phenoxy) is 3. The Morgan fingerprint density at radius 3 is 2.54 bits per heavy atom. The van der Waals surface area contributed by atoms with Gasteiger partial charge in [0.1, 0.15) is 5.75 Å². The topological polar surface area (TPSA) is 71.5 Å². The Hall–Kier alpha value is -3.00. The standard InChI is InChI=1S/C33H42N2O5.ClH/c1-38-28-11-12-29-24(9-7-10-25(29)17-28)16-27(36)22-34-14-6-4-5-8-23(20-34)21-35-15-13-26-18-31(39-2)32(40-3)19-30(26)33(35)37;/h7,9-12,17-19,23,27,36H,4-6,8,13-16,20-22H2,1-3H3;1H. The molecule has 2 unspecified atom stereocenters. The largest absolute Gasteiger partial charge is 0.497 e. The molecule has 0 radical (unpaired) electrons. The summed E-state index contributed by atoms with van der Waals surface area (Å²) in [6, 6.07) is 16.1. The van der Waals surface area contributed by atoms with Crippen LogP contribution in [0.4, 0.5) is 0 Å². The minimum Gasteiger partial charge on any atom is -0.497 e. The van der Waals surface area contributed by atoms with Gasteiger partial charge in [0.2, 0.25) is 0 Å². The van der Waals surface area contributed by atoms with Gasteiger partial charge in [-0.3, -0.25) is 4.79 Å². The van der Waals surface area contributed by atoms with Crippen LogP contribution in [0.5, 0.6) is 17.2 Å². The van der Waals surface area contributed by atoms with E-state index in [2.05, 4.69) is 29.2 Å². The highest BCUT2D eigenvalue weighted by Gasteiger charge is 2.29. The van der Waals surface area contributed by atoms with E-state index in [9.17, 15) is 9.90 Å². The number of halogens is 1. The molecule has 8 heteroatoms. The van der Waals surface area contributed by atoms with E-state index in [-0.39, 0.29) is 18.3 Å². The number of rotatable bonds is 9. The quantitative estimate of drug-likeness (QED) is 0.365. The summed E-state index contributed by atoms with van der Waals surface area (Å²) in [6.07, 6.45) is 5.57. The lowest BCUT2D eigenvalue weighted by Crippen LogP contribution is -2.45. The van der Waals surface area contributed by atoms with Crippen molar-refractivity contribution in [1.82, 2.24) is 9.80 Å². The molecule has 1 saturated heterocycles. The number of methoxy groups -OCH3 is 3. The molecule has 5 rings (SSSR count). The van der Waals surface area contributed by atoms with Crippen LogP contribution in [0, 0.1) is 5.92 Å². The maximum atomic E-state index is 13.5. The van der Waals surface area contributed by atoms with Gasteiger partial charge in [-0.2, -0.15) is 0 Å². The molecule has 2 aliphatic rings. The van der Waals surface area contributed by atoms with E-state index in [0.29, 0.717) is 36.9 Å². The van der Waals surface area contributed by atoms with Gasteiger partial charge in [0.15, 0.2) is 11.5 Å². The Balaban J connectivity index is 0.00000387. The number of nitrogens with zero attached hydrogens (tertiary/aromatic N) is 2. The Morgan fingerprint density at radius 2 is 1.76 bits per heavy atom. The summed E-state index contributed by atoms with van der Waals surface area (Å²) in [7, 11) is 4.91. The normalized spacial score (nSPS) is 18.6. The van der Waals surface area contributed by atoms with Crippen LogP contribution in [-0.2, 0) is 12.8 Å². The summed E-state index contributed by atoms with van der Waals surface area (Å²) in [5.41, 5.74) is 2.89. The van der Waals surface area contributed by atoms with E-state index in [1.54, 1.807) is 21.3 Å². The third-order valence-electron chi connectivity index (χ3n) is 8.46. The zero-order valence-electron chi connectivity index (χ0n) is 24.4. The van der Waals surface area contributed by atoms with E-state index in [1.165, 1.54) is 12.8 Å². The molecule has 3 aromatic rings. The number of carbonyl (C=O) groups excluding carboxylic acids is 1. The zero-order chi connectivity index (χ0) is 28.1. The number of benzene rings is 3. The van der Waals surface area contributed by atoms with Crippen molar-refractivity contribution in [2.75, 3.05) is 54.1 Å². The molecule has 0 aromatic heterocycles. The smallest absolute Gasteiger partial charge is 0.254 e. The second-order valence-electron chi connectivity index (χ2n) is 11.2. The predicted octanol–water partition coefficient (Wildman–Crippen LogP) is 5.38. The van der Waals surface area contributed by atoms with Crippen molar-refractivity contribution >= 4 is 29.1 Å². The summed E-state index contributed by atoms with van der Waals surface area (Å²) in [6.45, 7) is 3.97. The van der Waals surface area contributed by atoms with Crippen LogP contribution in [0.25, 0.3) is 10.8 Å². The molecule has 1 N–H and O–H groups in total. The summed E-state index contributed by atoms with van der Waals surface area (Å²) in [4.78, 5) is 17.9. The maximum absolute atomic E-state index is 13.5. The van der Waals surface area contributed by atoms with Crippen LogP contribution >= 0.6 is 12.4 Å². The molecule has 1 amide bonds. The van der Waals surface area contributed by atoms with E-state index >= 15 is 0 Å². The van der Waals surface area contributed by atoms with E-state index in [1.807, 2.05) is 29.2 Å². The summed E-state index contributed by atoms with van der Waals surface area (Å²) < 4.78 is 16.3. The highest BCUT2D eigenvalue weighted by molar-refractivity contribution is 5.97. The average molecular weight is 583 g/mol. The van der Waals surface area contributed by atoms with Gasteiger partial charge >= 0.3 is 0 Å². The van der Waals surface area contributed by atoms with Crippen molar-refractivity contribution in [2.45, 2.75) is 44.6 Å². The molecule has 2 atom stereocenters. The van der Waals surface area contributed by atoms with Gasteiger partial charge in [0.25, 0.3) is 5.91 Å².